The molecule has 0 bridgehead atoms. The third-order valence-corrected chi connectivity index (χ3v) is 1.62. The molecule has 14 heavy (non-hydrogen) atoms. The molecule has 82 valence electrons. The second kappa shape index (κ2) is 7.28. The number of carbonyl (C=O) groups excluding carboxylic acids is 2. The van der Waals surface area contributed by atoms with Crippen molar-refractivity contribution in [3.05, 3.63) is 0 Å². The van der Waals surface area contributed by atoms with Gasteiger partial charge in [-0.15, -0.1) is 0 Å². The Labute approximate surface area is 82.5 Å². The molecule has 0 aromatic heterocycles. The highest BCUT2D eigenvalue weighted by Crippen LogP contribution is 2.00. The molecule has 1 atom stereocenters. The Kier molecular flexibility index (Phi) is 6.69. The molecule has 6 nitrogen and oxygen atoms in total. The molecule has 0 aliphatic carbocycles. The van der Waals surface area contributed by atoms with Crippen LogP contribution < -0.4 is 11.5 Å². The maximum absolute atomic E-state index is 11.0. The fraction of sp³-hybridized carbons (Fsp3) is 0.750. The molecule has 0 unspecified atom stereocenters. The number of methoxy groups -OCH3 is 1. The Morgan fingerprint density at radius 2 is 2.00 bits per heavy atom. The molecule has 4 N–H and O–H groups in total. The number of esters is 1. The molecule has 0 fully saturated rings. The van der Waals surface area contributed by atoms with Gasteiger partial charge in [0.1, 0.15) is 6.04 Å². The van der Waals surface area contributed by atoms with E-state index in [2.05, 4.69) is 9.47 Å². The molecular weight excluding hydrogens is 188 g/mol. The largest absolute Gasteiger partial charge is 0.515 e. The van der Waals surface area contributed by atoms with E-state index in [1.165, 1.54) is 0 Å². The normalized spacial score (nSPS) is 11.9. The van der Waals surface area contributed by atoms with Crippen LogP contribution in [0.5, 0.6) is 0 Å². The van der Waals surface area contributed by atoms with Gasteiger partial charge < -0.3 is 20.9 Å². The summed E-state index contributed by atoms with van der Waals surface area (Å²) in [5, 5.41) is 0. The third kappa shape index (κ3) is 5.50. The Morgan fingerprint density at radius 1 is 1.36 bits per heavy atom. The van der Waals surface area contributed by atoms with E-state index in [1.807, 2.05) is 0 Å². The summed E-state index contributed by atoms with van der Waals surface area (Å²) in [5.74, 6) is -0.770. The summed E-state index contributed by atoms with van der Waals surface area (Å²) in [6.45, 7) is 0.554. The third-order valence-electron chi connectivity index (χ3n) is 1.62. The summed E-state index contributed by atoms with van der Waals surface area (Å²) in [4.78, 5) is 21.5. The second-order valence-corrected chi connectivity index (χ2v) is 2.77. The van der Waals surface area contributed by atoms with E-state index in [9.17, 15) is 9.59 Å². The molecule has 0 aliphatic rings. The van der Waals surface area contributed by atoms with E-state index in [0.717, 1.165) is 20.0 Å². The van der Waals surface area contributed by atoms with Gasteiger partial charge in [-0.1, -0.05) is 6.42 Å². The molecule has 0 rings (SSSR count). The second-order valence-electron chi connectivity index (χ2n) is 2.77. The van der Waals surface area contributed by atoms with E-state index in [1.54, 1.807) is 0 Å². The lowest BCUT2D eigenvalue weighted by Crippen LogP contribution is -2.33. The van der Waals surface area contributed by atoms with Gasteiger partial charge in [0.05, 0.1) is 7.11 Å². The number of carbonyl (C=O) groups is 2. The van der Waals surface area contributed by atoms with Crippen molar-refractivity contribution in [1.29, 1.82) is 0 Å². The fourth-order valence-corrected chi connectivity index (χ4v) is 0.826. The Balaban J connectivity index is 3.70. The van der Waals surface area contributed by atoms with Crippen LogP contribution in [0, 0.1) is 0 Å². The highest BCUT2D eigenvalue weighted by Gasteiger charge is 2.18. The molecular formula is C8H16N2O4. The van der Waals surface area contributed by atoms with Crippen molar-refractivity contribution in [2.24, 2.45) is 11.5 Å². The number of hydrogen-bond acceptors (Lipinski definition) is 6. The molecule has 0 heterocycles. The van der Waals surface area contributed by atoms with E-state index < -0.39 is 18.2 Å². The minimum atomic E-state index is -1.04. The van der Waals surface area contributed by atoms with Crippen molar-refractivity contribution in [3.63, 3.8) is 0 Å². The van der Waals surface area contributed by atoms with Crippen molar-refractivity contribution < 1.29 is 19.1 Å². The number of hydrogen-bond donors (Lipinski definition) is 2. The molecule has 0 aromatic rings. The lowest BCUT2D eigenvalue weighted by atomic mass is 10.1. The van der Waals surface area contributed by atoms with Crippen LogP contribution in [0.4, 0.5) is 4.79 Å². The van der Waals surface area contributed by atoms with E-state index in [-0.39, 0.29) is 0 Å². The van der Waals surface area contributed by atoms with Crippen molar-refractivity contribution in [3.8, 4) is 0 Å². The van der Waals surface area contributed by atoms with Crippen LogP contribution in [0.1, 0.15) is 19.3 Å². The van der Waals surface area contributed by atoms with Gasteiger partial charge in [-0.3, -0.25) is 0 Å². The smallest absolute Gasteiger partial charge is 0.437 e. The summed E-state index contributed by atoms with van der Waals surface area (Å²) < 4.78 is 8.37. The van der Waals surface area contributed by atoms with Crippen LogP contribution in [0.2, 0.25) is 0 Å². The van der Waals surface area contributed by atoms with Crippen molar-refractivity contribution >= 4 is 12.1 Å². The van der Waals surface area contributed by atoms with E-state index >= 15 is 0 Å². The first-order chi connectivity index (χ1) is 6.61. The summed E-state index contributed by atoms with van der Waals surface area (Å²) in [6.07, 6.45) is 0.935. The summed E-state index contributed by atoms with van der Waals surface area (Å²) >= 11 is 0. The van der Waals surface area contributed by atoms with Crippen LogP contribution in [0.3, 0.4) is 0 Å². The lowest BCUT2D eigenvalue weighted by molar-refractivity contribution is -0.141. The van der Waals surface area contributed by atoms with Crippen molar-refractivity contribution in [2.45, 2.75) is 25.3 Å². The maximum atomic E-state index is 11.0. The standard InChI is InChI=1S/C8H16N2O4/c1-13-8(12)14-7(11)6(10)4-2-3-5-9/h6H,2-5,9-10H2,1H3/t6-/m0/s1. The van der Waals surface area contributed by atoms with Crippen molar-refractivity contribution in [1.82, 2.24) is 0 Å². The molecule has 0 spiro atoms. The quantitative estimate of drug-likeness (QED) is 0.363. The van der Waals surface area contributed by atoms with Gasteiger partial charge >= 0.3 is 12.1 Å². The summed E-state index contributed by atoms with van der Waals surface area (Å²) in [5.41, 5.74) is 10.7. The Bertz CT molecular complexity index is 196. The summed E-state index contributed by atoms with van der Waals surface area (Å²) in [7, 11) is 1.12. The highest BCUT2D eigenvalue weighted by molar-refractivity contribution is 5.85. The Morgan fingerprint density at radius 3 is 2.50 bits per heavy atom. The topological polar surface area (TPSA) is 105 Å². The van der Waals surface area contributed by atoms with Crippen LogP contribution in [0.25, 0.3) is 0 Å². The SMILES string of the molecule is COC(=O)OC(=O)[C@@H](N)CCCCN. The number of rotatable bonds is 5. The van der Waals surface area contributed by atoms with Crippen LogP contribution in [-0.4, -0.2) is 31.8 Å². The predicted octanol–water partition coefficient (Wildman–Crippen LogP) is -0.248. The van der Waals surface area contributed by atoms with Gasteiger partial charge in [0, 0.05) is 0 Å². The number of ether oxygens (including phenoxy) is 2. The molecule has 0 saturated carbocycles. The lowest BCUT2D eigenvalue weighted by Gasteiger charge is -2.08. The first-order valence-corrected chi connectivity index (χ1v) is 4.37. The van der Waals surface area contributed by atoms with Crippen LogP contribution in [-0.2, 0) is 14.3 Å². The first kappa shape index (κ1) is 12.9. The fourth-order valence-electron chi connectivity index (χ4n) is 0.826. The monoisotopic (exact) mass is 204 g/mol. The van der Waals surface area contributed by atoms with Gasteiger partial charge in [0.2, 0.25) is 0 Å². The molecule has 6 heteroatoms. The van der Waals surface area contributed by atoms with E-state index in [0.29, 0.717) is 13.0 Å². The van der Waals surface area contributed by atoms with E-state index in [4.69, 9.17) is 11.5 Å². The molecule has 0 radical (unpaired) electrons. The zero-order valence-corrected chi connectivity index (χ0v) is 8.19. The van der Waals surface area contributed by atoms with Gasteiger partial charge in [-0.25, -0.2) is 9.59 Å². The summed E-state index contributed by atoms with van der Waals surface area (Å²) in [6, 6.07) is -0.791. The zero-order valence-electron chi connectivity index (χ0n) is 8.19. The van der Waals surface area contributed by atoms with Crippen molar-refractivity contribution in [2.75, 3.05) is 13.7 Å². The van der Waals surface area contributed by atoms with Gasteiger partial charge in [-0.05, 0) is 19.4 Å². The zero-order chi connectivity index (χ0) is 11.0. The highest BCUT2D eigenvalue weighted by atomic mass is 16.7. The van der Waals surface area contributed by atoms with Gasteiger partial charge in [0.15, 0.2) is 0 Å². The molecule has 0 aliphatic heterocycles. The number of unbranched alkanes of at least 4 members (excludes halogenated alkanes) is 1. The minimum absolute atomic E-state index is 0.451. The maximum Gasteiger partial charge on any atom is 0.515 e. The molecule has 0 aromatic carbocycles. The Hall–Kier alpha value is -1.14. The minimum Gasteiger partial charge on any atom is -0.437 e. The molecule has 0 amide bonds. The van der Waals surface area contributed by atoms with Gasteiger partial charge in [-0.2, -0.15) is 0 Å². The molecule has 0 saturated heterocycles. The predicted molar refractivity (Wildman–Crippen MR) is 49.4 cm³/mol. The number of nitrogens with two attached hydrogens (primary N) is 2. The average Bonchev–Trinajstić information content (AvgIpc) is 2.17. The van der Waals surface area contributed by atoms with Crippen LogP contribution >= 0.6 is 0 Å². The van der Waals surface area contributed by atoms with Crippen LogP contribution in [0.15, 0.2) is 0 Å². The average molecular weight is 204 g/mol. The first-order valence-electron chi connectivity index (χ1n) is 4.37. The van der Waals surface area contributed by atoms with Gasteiger partial charge in [0.25, 0.3) is 0 Å².